The van der Waals surface area contributed by atoms with Gasteiger partial charge in [-0.05, 0) is 36.4 Å². The van der Waals surface area contributed by atoms with Gasteiger partial charge < -0.3 is 0 Å². The van der Waals surface area contributed by atoms with E-state index in [0.717, 1.165) is 6.26 Å². The maximum absolute atomic E-state index is 12.4. The van der Waals surface area contributed by atoms with Crippen LogP contribution in [0.3, 0.4) is 0 Å². The zero-order chi connectivity index (χ0) is 15.6. The summed E-state index contributed by atoms with van der Waals surface area (Å²) < 4.78 is 24.6. The molecule has 0 saturated heterocycles. The molecule has 0 heterocycles. The molecule has 0 aromatic heterocycles. The summed E-state index contributed by atoms with van der Waals surface area (Å²) >= 11 is 12.0. The first-order chi connectivity index (χ1) is 9.78. The average Bonchev–Trinajstić information content (AvgIpc) is 2.37. The summed E-state index contributed by atoms with van der Waals surface area (Å²) in [6.45, 7) is 0. The highest BCUT2D eigenvalue weighted by Crippen LogP contribution is 2.27. The van der Waals surface area contributed by atoms with Crippen molar-refractivity contribution >= 4 is 44.7 Å². The van der Waals surface area contributed by atoms with E-state index in [-0.39, 0.29) is 21.4 Å². The zero-order valence-electron chi connectivity index (χ0n) is 10.9. The highest BCUT2D eigenvalue weighted by atomic mass is 35.5. The van der Waals surface area contributed by atoms with Crippen LogP contribution in [0.2, 0.25) is 10.0 Å². The van der Waals surface area contributed by atoms with Gasteiger partial charge in [0.05, 0.1) is 21.9 Å². The number of nitrogens with one attached hydrogen (secondary N) is 1. The third-order valence-corrected chi connectivity index (χ3v) is 3.88. The summed E-state index contributed by atoms with van der Waals surface area (Å²) in [5.41, 5.74) is 0.966. The molecule has 2 rings (SSSR count). The number of ketones is 1. The molecular formula is C14H11Cl2NO3S. The monoisotopic (exact) mass is 343 g/mol. The fourth-order valence-corrected chi connectivity index (χ4v) is 2.90. The van der Waals surface area contributed by atoms with E-state index in [1.54, 1.807) is 18.2 Å². The molecule has 2 aromatic carbocycles. The summed E-state index contributed by atoms with van der Waals surface area (Å²) in [6, 6.07) is 10.8. The van der Waals surface area contributed by atoms with Gasteiger partial charge in [-0.1, -0.05) is 29.3 Å². The Morgan fingerprint density at radius 2 is 1.52 bits per heavy atom. The molecule has 4 nitrogen and oxygen atoms in total. The highest BCUT2D eigenvalue weighted by molar-refractivity contribution is 7.92. The third kappa shape index (κ3) is 3.97. The molecule has 1 N–H and O–H groups in total. The molecule has 0 aliphatic rings. The fraction of sp³-hybridized carbons (Fsp3) is 0.0714. The molecule has 7 heteroatoms. The maximum atomic E-state index is 12.4. The lowest BCUT2D eigenvalue weighted by Gasteiger charge is -2.07. The fourth-order valence-electron chi connectivity index (χ4n) is 1.76. The molecule has 0 unspecified atom stereocenters. The van der Waals surface area contributed by atoms with E-state index in [1.165, 1.54) is 24.3 Å². The third-order valence-electron chi connectivity index (χ3n) is 2.64. The minimum atomic E-state index is -3.35. The molecular weight excluding hydrogens is 333 g/mol. The molecule has 2 aromatic rings. The van der Waals surface area contributed by atoms with Gasteiger partial charge in [0.15, 0.2) is 5.78 Å². The van der Waals surface area contributed by atoms with Gasteiger partial charge in [-0.15, -0.1) is 0 Å². The van der Waals surface area contributed by atoms with Crippen LogP contribution in [0.25, 0.3) is 0 Å². The van der Waals surface area contributed by atoms with Gasteiger partial charge in [0.2, 0.25) is 10.0 Å². The summed E-state index contributed by atoms with van der Waals surface area (Å²) in [4.78, 5) is 12.4. The zero-order valence-corrected chi connectivity index (χ0v) is 13.3. The van der Waals surface area contributed by atoms with Gasteiger partial charge in [-0.25, -0.2) is 8.42 Å². The largest absolute Gasteiger partial charge is 0.288 e. The first kappa shape index (κ1) is 15.8. The Bertz CT molecular complexity index is 766. The van der Waals surface area contributed by atoms with Crippen LogP contribution in [-0.4, -0.2) is 20.5 Å². The number of carbonyl (C=O) groups is 1. The van der Waals surface area contributed by atoms with E-state index in [4.69, 9.17) is 23.2 Å². The van der Waals surface area contributed by atoms with Crippen LogP contribution >= 0.6 is 23.2 Å². The molecule has 0 aliphatic carbocycles. The van der Waals surface area contributed by atoms with Crippen molar-refractivity contribution in [3.8, 4) is 0 Å². The van der Waals surface area contributed by atoms with E-state index < -0.39 is 10.0 Å². The number of anilines is 1. The first-order valence-corrected chi connectivity index (χ1v) is 8.49. The van der Waals surface area contributed by atoms with Crippen LogP contribution in [0.4, 0.5) is 5.69 Å². The van der Waals surface area contributed by atoms with Crippen LogP contribution < -0.4 is 4.72 Å². The van der Waals surface area contributed by atoms with Crippen LogP contribution in [0.5, 0.6) is 0 Å². The second-order valence-corrected chi connectivity index (χ2v) is 6.94. The van der Waals surface area contributed by atoms with Crippen molar-refractivity contribution in [3.63, 3.8) is 0 Å². The first-order valence-electron chi connectivity index (χ1n) is 5.84. The lowest BCUT2D eigenvalue weighted by molar-refractivity contribution is 0.103. The molecule has 0 saturated carbocycles. The topological polar surface area (TPSA) is 63.2 Å². The molecule has 0 aliphatic heterocycles. The second-order valence-electron chi connectivity index (χ2n) is 4.38. The number of carbonyl (C=O) groups excluding carboxylic acids is 1. The lowest BCUT2D eigenvalue weighted by Crippen LogP contribution is -2.10. The van der Waals surface area contributed by atoms with Gasteiger partial charge in [0.25, 0.3) is 0 Å². The van der Waals surface area contributed by atoms with Gasteiger partial charge in [-0.2, -0.15) is 0 Å². The minimum Gasteiger partial charge on any atom is -0.288 e. The number of sulfonamides is 1. The van der Waals surface area contributed by atoms with Gasteiger partial charge in [0, 0.05) is 11.3 Å². The number of hydrogen-bond donors (Lipinski definition) is 1. The molecule has 0 radical (unpaired) electrons. The lowest BCUT2D eigenvalue weighted by atomic mass is 10.0. The average molecular weight is 344 g/mol. The molecule has 0 atom stereocenters. The van der Waals surface area contributed by atoms with Gasteiger partial charge in [0.1, 0.15) is 0 Å². The Kier molecular flexibility index (Phi) is 4.56. The van der Waals surface area contributed by atoms with E-state index in [9.17, 15) is 13.2 Å². The Hall–Kier alpha value is -1.56. The Morgan fingerprint density at radius 1 is 1.00 bits per heavy atom. The highest BCUT2D eigenvalue weighted by Gasteiger charge is 2.16. The van der Waals surface area contributed by atoms with Gasteiger partial charge in [-0.3, -0.25) is 9.52 Å². The predicted molar refractivity (Wildman–Crippen MR) is 84.8 cm³/mol. The number of rotatable bonds is 4. The normalized spacial score (nSPS) is 11.2. The molecule has 0 bridgehead atoms. The van der Waals surface area contributed by atoms with Crippen LogP contribution in [0.15, 0.2) is 42.5 Å². The van der Waals surface area contributed by atoms with E-state index in [0.29, 0.717) is 11.3 Å². The van der Waals surface area contributed by atoms with E-state index in [2.05, 4.69) is 4.72 Å². The van der Waals surface area contributed by atoms with E-state index >= 15 is 0 Å². The Balaban J connectivity index is 2.33. The van der Waals surface area contributed by atoms with Crippen LogP contribution in [0, 0.1) is 0 Å². The number of benzene rings is 2. The van der Waals surface area contributed by atoms with Crippen molar-refractivity contribution in [1.29, 1.82) is 0 Å². The van der Waals surface area contributed by atoms with Crippen molar-refractivity contribution in [1.82, 2.24) is 0 Å². The van der Waals surface area contributed by atoms with Crippen LogP contribution in [0.1, 0.15) is 15.9 Å². The molecule has 21 heavy (non-hydrogen) atoms. The van der Waals surface area contributed by atoms with Crippen molar-refractivity contribution < 1.29 is 13.2 Å². The number of halogens is 2. The minimum absolute atomic E-state index is 0.227. The maximum Gasteiger partial charge on any atom is 0.229 e. The standard InChI is InChI=1S/C14H11Cl2NO3S/c1-21(19,20)17-10-7-5-9(6-8-10)14(18)13-11(15)3-2-4-12(13)16/h2-8,17H,1H3. The quantitative estimate of drug-likeness (QED) is 0.862. The number of hydrogen-bond acceptors (Lipinski definition) is 3. The smallest absolute Gasteiger partial charge is 0.229 e. The second kappa shape index (κ2) is 6.05. The van der Waals surface area contributed by atoms with Gasteiger partial charge >= 0.3 is 0 Å². The van der Waals surface area contributed by atoms with Crippen molar-refractivity contribution in [3.05, 3.63) is 63.6 Å². The van der Waals surface area contributed by atoms with Crippen LogP contribution in [-0.2, 0) is 10.0 Å². The molecule has 0 spiro atoms. The molecule has 0 fully saturated rings. The Morgan fingerprint density at radius 3 is 2.00 bits per heavy atom. The SMILES string of the molecule is CS(=O)(=O)Nc1ccc(C(=O)c2c(Cl)cccc2Cl)cc1. The van der Waals surface area contributed by atoms with Crippen molar-refractivity contribution in [2.45, 2.75) is 0 Å². The summed E-state index contributed by atoms with van der Waals surface area (Å²) in [5, 5.41) is 0.539. The van der Waals surface area contributed by atoms with Crippen molar-refractivity contribution in [2.75, 3.05) is 11.0 Å². The summed E-state index contributed by atoms with van der Waals surface area (Å²) in [5.74, 6) is -0.323. The molecule has 0 amide bonds. The summed E-state index contributed by atoms with van der Waals surface area (Å²) in [7, 11) is -3.35. The Labute approximate surface area is 132 Å². The summed E-state index contributed by atoms with van der Waals surface area (Å²) in [6.07, 6.45) is 1.05. The predicted octanol–water partition coefficient (Wildman–Crippen LogP) is 3.60. The van der Waals surface area contributed by atoms with E-state index in [1.807, 2.05) is 0 Å². The molecule has 110 valence electrons. The van der Waals surface area contributed by atoms with Crippen molar-refractivity contribution in [2.24, 2.45) is 0 Å².